The van der Waals surface area contributed by atoms with Gasteiger partial charge in [0.25, 0.3) is 0 Å². The van der Waals surface area contributed by atoms with Crippen LogP contribution in [0.25, 0.3) is 0 Å². The molecule has 0 saturated heterocycles. The standard InChI is InChI=1S/C7H4F6N2O/c8-1-2(9)6(16-7(11,12)13)5(15)3(10)4(1)14/h14-15H2. The first-order chi connectivity index (χ1) is 7.15. The zero-order chi connectivity index (χ0) is 12.7. The maximum atomic E-state index is 12.9. The lowest BCUT2D eigenvalue weighted by molar-refractivity contribution is -0.275. The molecule has 0 radical (unpaired) electrons. The van der Waals surface area contributed by atoms with E-state index in [-0.39, 0.29) is 0 Å². The zero-order valence-corrected chi connectivity index (χ0v) is 7.33. The van der Waals surface area contributed by atoms with Crippen LogP contribution in [0.5, 0.6) is 5.75 Å². The summed E-state index contributed by atoms with van der Waals surface area (Å²) in [7, 11) is 0. The topological polar surface area (TPSA) is 61.3 Å². The summed E-state index contributed by atoms with van der Waals surface area (Å²) in [6.45, 7) is 0. The van der Waals surface area contributed by atoms with Crippen LogP contribution in [0.1, 0.15) is 0 Å². The van der Waals surface area contributed by atoms with Gasteiger partial charge in [-0.1, -0.05) is 0 Å². The molecule has 90 valence electrons. The minimum atomic E-state index is -5.33. The van der Waals surface area contributed by atoms with Gasteiger partial charge in [-0.25, -0.2) is 8.78 Å². The maximum absolute atomic E-state index is 12.9. The molecule has 0 fully saturated rings. The lowest BCUT2D eigenvalue weighted by atomic mass is 10.2. The van der Waals surface area contributed by atoms with E-state index in [0.29, 0.717) is 0 Å². The molecule has 1 aromatic carbocycles. The Morgan fingerprint density at radius 1 is 0.812 bits per heavy atom. The van der Waals surface area contributed by atoms with Crippen molar-refractivity contribution in [1.29, 1.82) is 0 Å². The molecule has 0 aliphatic rings. The molecule has 0 spiro atoms. The van der Waals surface area contributed by atoms with E-state index in [2.05, 4.69) is 4.74 Å². The molecule has 4 N–H and O–H groups in total. The third-order valence-electron chi connectivity index (χ3n) is 1.56. The van der Waals surface area contributed by atoms with Gasteiger partial charge in [0.15, 0.2) is 17.4 Å². The quantitative estimate of drug-likeness (QED) is 0.453. The summed E-state index contributed by atoms with van der Waals surface area (Å²) in [5.74, 6) is -7.59. The molecular weight excluding hydrogens is 242 g/mol. The van der Waals surface area contributed by atoms with Gasteiger partial charge in [-0.3, -0.25) is 0 Å². The Hall–Kier alpha value is -1.80. The van der Waals surface area contributed by atoms with E-state index >= 15 is 0 Å². The number of rotatable bonds is 1. The Bertz CT molecular complexity index is 401. The summed E-state index contributed by atoms with van der Waals surface area (Å²) in [6, 6.07) is 0. The second-order valence-corrected chi connectivity index (χ2v) is 2.65. The molecule has 3 nitrogen and oxygen atoms in total. The highest BCUT2D eigenvalue weighted by atomic mass is 19.4. The lowest BCUT2D eigenvalue weighted by Crippen LogP contribution is -2.20. The van der Waals surface area contributed by atoms with Crippen LogP contribution < -0.4 is 16.2 Å². The van der Waals surface area contributed by atoms with Gasteiger partial charge in [0.2, 0.25) is 5.82 Å². The van der Waals surface area contributed by atoms with E-state index in [4.69, 9.17) is 11.5 Å². The Morgan fingerprint density at radius 2 is 1.31 bits per heavy atom. The number of nitrogens with two attached hydrogens (primary N) is 2. The highest BCUT2D eigenvalue weighted by molar-refractivity contribution is 5.63. The molecule has 16 heavy (non-hydrogen) atoms. The Morgan fingerprint density at radius 3 is 1.75 bits per heavy atom. The number of alkyl halides is 3. The zero-order valence-electron chi connectivity index (χ0n) is 7.33. The smallest absolute Gasteiger partial charge is 0.400 e. The summed E-state index contributed by atoms with van der Waals surface area (Å²) < 4.78 is 76.9. The van der Waals surface area contributed by atoms with Crippen molar-refractivity contribution in [3.8, 4) is 5.75 Å². The van der Waals surface area contributed by atoms with Gasteiger partial charge in [-0.15, -0.1) is 13.2 Å². The van der Waals surface area contributed by atoms with Gasteiger partial charge in [-0.05, 0) is 0 Å². The number of hydrogen-bond acceptors (Lipinski definition) is 3. The SMILES string of the molecule is Nc1c(F)c(N)c(OC(F)(F)F)c(F)c1F. The van der Waals surface area contributed by atoms with E-state index in [1.807, 2.05) is 0 Å². The van der Waals surface area contributed by atoms with E-state index in [1.54, 1.807) is 0 Å². The molecule has 0 heterocycles. The molecule has 0 atom stereocenters. The number of nitrogen functional groups attached to an aromatic ring is 2. The third kappa shape index (κ3) is 2.07. The van der Waals surface area contributed by atoms with Gasteiger partial charge >= 0.3 is 6.36 Å². The van der Waals surface area contributed by atoms with Crippen molar-refractivity contribution in [3.05, 3.63) is 17.5 Å². The van der Waals surface area contributed by atoms with Crippen LogP contribution in [0.3, 0.4) is 0 Å². The first-order valence-corrected chi connectivity index (χ1v) is 3.62. The molecular formula is C7H4F6N2O. The molecule has 0 bridgehead atoms. The molecule has 0 aromatic heterocycles. The highest BCUT2D eigenvalue weighted by Crippen LogP contribution is 2.37. The number of anilines is 2. The predicted octanol–water partition coefficient (Wildman–Crippen LogP) is 2.17. The van der Waals surface area contributed by atoms with Crippen molar-refractivity contribution < 1.29 is 31.1 Å². The Labute approximate surface area is 84.6 Å². The second kappa shape index (κ2) is 3.65. The minimum absolute atomic E-state index is 1.32. The van der Waals surface area contributed by atoms with E-state index in [0.717, 1.165) is 0 Å². The second-order valence-electron chi connectivity index (χ2n) is 2.65. The summed E-state index contributed by atoms with van der Waals surface area (Å²) in [5, 5.41) is 0. The monoisotopic (exact) mass is 246 g/mol. The van der Waals surface area contributed by atoms with Gasteiger partial charge in [0, 0.05) is 0 Å². The van der Waals surface area contributed by atoms with Gasteiger partial charge < -0.3 is 16.2 Å². The molecule has 1 aromatic rings. The van der Waals surface area contributed by atoms with Crippen molar-refractivity contribution in [2.45, 2.75) is 6.36 Å². The fraction of sp³-hybridized carbons (Fsp3) is 0.143. The van der Waals surface area contributed by atoms with Crippen LogP contribution in [0.15, 0.2) is 0 Å². The van der Waals surface area contributed by atoms with Crippen molar-refractivity contribution in [1.82, 2.24) is 0 Å². The summed E-state index contributed by atoms with van der Waals surface area (Å²) >= 11 is 0. The molecule has 0 amide bonds. The predicted molar refractivity (Wildman–Crippen MR) is 41.8 cm³/mol. The average Bonchev–Trinajstić information content (AvgIpc) is 2.17. The fourth-order valence-corrected chi connectivity index (χ4v) is 0.893. The molecule has 1 rings (SSSR count). The van der Waals surface area contributed by atoms with Crippen LogP contribution in [-0.4, -0.2) is 6.36 Å². The van der Waals surface area contributed by atoms with E-state index in [9.17, 15) is 26.3 Å². The summed E-state index contributed by atoms with van der Waals surface area (Å²) in [6.07, 6.45) is -5.33. The Kier molecular flexibility index (Phi) is 2.80. The highest BCUT2D eigenvalue weighted by Gasteiger charge is 2.36. The minimum Gasteiger partial charge on any atom is -0.400 e. The number of ether oxygens (including phenoxy) is 1. The fourth-order valence-electron chi connectivity index (χ4n) is 0.893. The van der Waals surface area contributed by atoms with Gasteiger partial charge in [-0.2, -0.15) is 4.39 Å². The molecule has 0 aliphatic heterocycles. The first kappa shape index (κ1) is 12.3. The van der Waals surface area contributed by atoms with Crippen molar-refractivity contribution in [2.75, 3.05) is 11.5 Å². The summed E-state index contributed by atoms with van der Waals surface area (Å²) in [4.78, 5) is 0. The third-order valence-corrected chi connectivity index (χ3v) is 1.56. The van der Waals surface area contributed by atoms with Crippen LogP contribution in [0, 0.1) is 17.5 Å². The normalized spacial score (nSPS) is 11.6. The lowest BCUT2D eigenvalue weighted by Gasteiger charge is -2.13. The largest absolute Gasteiger partial charge is 0.573 e. The van der Waals surface area contributed by atoms with Crippen molar-refractivity contribution in [3.63, 3.8) is 0 Å². The van der Waals surface area contributed by atoms with Crippen LogP contribution >= 0.6 is 0 Å². The number of hydrogen-bond donors (Lipinski definition) is 2. The average molecular weight is 246 g/mol. The maximum Gasteiger partial charge on any atom is 0.573 e. The van der Waals surface area contributed by atoms with Crippen LogP contribution in [0.4, 0.5) is 37.7 Å². The number of halogens is 6. The Balaban J connectivity index is 3.40. The van der Waals surface area contributed by atoms with Gasteiger partial charge in [0.05, 0.1) is 0 Å². The molecule has 0 aliphatic carbocycles. The number of benzene rings is 1. The van der Waals surface area contributed by atoms with Crippen LogP contribution in [-0.2, 0) is 0 Å². The molecule has 9 heteroatoms. The van der Waals surface area contributed by atoms with E-state index < -0.39 is 40.9 Å². The molecule has 0 saturated carbocycles. The van der Waals surface area contributed by atoms with Gasteiger partial charge in [0.1, 0.15) is 11.4 Å². The van der Waals surface area contributed by atoms with E-state index in [1.165, 1.54) is 0 Å². The van der Waals surface area contributed by atoms with Crippen molar-refractivity contribution in [2.24, 2.45) is 0 Å². The summed E-state index contributed by atoms with van der Waals surface area (Å²) in [5.41, 5.74) is 6.81. The van der Waals surface area contributed by atoms with Crippen LogP contribution in [0.2, 0.25) is 0 Å². The first-order valence-electron chi connectivity index (χ1n) is 3.62. The van der Waals surface area contributed by atoms with Crippen molar-refractivity contribution >= 4 is 11.4 Å². The molecule has 0 unspecified atom stereocenters.